The summed E-state index contributed by atoms with van der Waals surface area (Å²) in [6, 6.07) is 7.74. The summed E-state index contributed by atoms with van der Waals surface area (Å²) in [5.74, 6) is 0.606. The zero-order valence-electron chi connectivity index (χ0n) is 11.0. The third kappa shape index (κ3) is 3.68. The van der Waals surface area contributed by atoms with Crippen LogP contribution in [0.1, 0.15) is 24.0 Å². The van der Waals surface area contributed by atoms with Crippen LogP contribution < -0.4 is 5.73 Å². The third-order valence-electron chi connectivity index (χ3n) is 3.73. The molecule has 1 aliphatic heterocycles. The number of oxime groups is 1. The van der Waals surface area contributed by atoms with Gasteiger partial charge in [0.05, 0.1) is 0 Å². The molecule has 0 atom stereocenters. The van der Waals surface area contributed by atoms with E-state index in [-0.39, 0.29) is 5.84 Å². The van der Waals surface area contributed by atoms with Gasteiger partial charge in [0.15, 0.2) is 5.84 Å². The summed E-state index contributed by atoms with van der Waals surface area (Å²) in [7, 11) is 0. The number of aliphatic hydroxyl groups is 1. The Morgan fingerprint density at radius 2 is 1.89 bits per heavy atom. The highest BCUT2D eigenvalue weighted by Crippen LogP contribution is 2.18. The van der Waals surface area contributed by atoms with Gasteiger partial charge >= 0.3 is 0 Å². The van der Waals surface area contributed by atoms with Crippen LogP contribution in [0.5, 0.6) is 0 Å². The Morgan fingerprint density at radius 3 is 2.42 bits per heavy atom. The highest BCUT2D eigenvalue weighted by molar-refractivity contribution is 5.96. The van der Waals surface area contributed by atoms with Crippen LogP contribution in [0.15, 0.2) is 29.4 Å². The predicted molar refractivity (Wildman–Crippen MR) is 74.0 cm³/mol. The van der Waals surface area contributed by atoms with Crippen molar-refractivity contribution in [1.29, 1.82) is 0 Å². The lowest BCUT2D eigenvalue weighted by Crippen LogP contribution is -2.34. The standard InChI is InChI=1S/C14H21N3O2/c15-14(16-19)13-3-1-11(2-4-13)9-17-7-5-12(10-18)6-8-17/h1-4,12,18-19H,5-10H2,(H2,15,16). The van der Waals surface area contributed by atoms with E-state index in [0.717, 1.165) is 38.0 Å². The van der Waals surface area contributed by atoms with Gasteiger partial charge in [-0.25, -0.2) is 0 Å². The number of nitrogens with two attached hydrogens (primary N) is 1. The van der Waals surface area contributed by atoms with Gasteiger partial charge in [-0.05, 0) is 37.4 Å². The van der Waals surface area contributed by atoms with E-state index in [0.29, 0.717) is 12.5 Å². The van der Waals surface area contributed by atoms with Gasteiger partial charge in [0, 0.05) is 18.7 Å². The minimum atomic E-state index is 0.135. The summed E-state index contributed by atoms with van der Waals surface area (Å²) >= 11 is 0. The van der Waals surface area contributed by atoms with Crippen LogP contribution >= 0.6 is 0 Å². The number of likely N-dealkylation sites (tertiary alicyclic amines) is 1. The normalized spacial score (nSPS) is 18.7. The van der Waals surface area contributed by atoms with Gasteiger partial charge in [0.1, 0.15) is 0 Å². The van der Waals surface area contributed by atoms with Gasteiger partial charge in [-0.1, -0.05) is 29.4 Å². The fourth-order valence-electron chi connectivity index (χ4n) is 2.42. The average Bonchev–Trinajstić information content (AvgIpc) is 2.48. The van der Waals surface area contributed by atoms with Crippen molar-refractivity contribution in [3.05, 3.63) is 35.4 Å². The van der Waals surface area contributed by atoms with E-state index in [2.05, 4.69) is 10.1 Å². The molecule has 0 aromatic heterocycles. The van der Waals surface area contributed by atoms with Gasteiger partial charge in [-0.15, -0.1) is 0 Å². The molecular weight excluding hydrogens is 242 g/mol. The first-order chi connectivity index (χ1) is 9.22. The van der Waals surface area contributed by atoms with Gasteiger partial charge in [-0.3, -0.25) is 4.90 Å². The highest BCUT2D eigenvalue weighted by atomic mass is 16.4. The minimum Gasteiger partial charge on any atom is -0.409 e. The van der Waals surface area contributed by atoms with Gasteiger partial charge in [0.2, 0.25) is 0 Å². The van der Waals surface area contributed by atoms with Crippen molar-refractivity contribution in [2.24, 2.45) is 16.8 Å². The van der Waals surface area contributed by atoms with Gasteiger partial charge in [-0.2, -0.15) is 0 Å². The Kier molecular flexibility index (Phi) is 4.76. The SMILES string of the molecule is N/C(=N\O)c1ccc(CN2CCC(CO)CC2)cc1. The first kappa shape index (κ1) is 13.8. The number of hydrogen-bond donors (Lipinski definition) is 3. The summed E-state index contributed by atoms with van der Waals surface area (Å²) in [6.45, 7) is 3.29. The van der Waals surface area contributed by atoms with Crippen molar-refractivity contribution in [2.75, 3.05) is 19.7 Å². The summed E-state index contributed by atoms with van der Waals surface area (Å²) in [6.07, 6.45) is 2.14. The molecule has 1 fully saturated rings. The van der Waals surface area contributed by atoms with Crippen LogP contribution in [0.25, 0.3) is 0 Å². The molecule has 0 bridgehead atoms. The number of benzene rings is 1. The lowest BCUT2D eigenvalue weighted by atomic mass is 9.97. The van der Waals surface area contributed by atoms with E-state index in [1.807, 2.05) is 24.3 Å². The second kappa shape index (κ2) is 6.54. The Hall–Kier alpha value is -1.59. The van der Waals surface area contributed by atoms with E-state index in [4.69, 9.17) is 16.0 Å². The van der Waals surface area contributed by atoms with Crippen LogP contribution in [0.4, 0.5) is 0 Å². The molecule has 5 nitrogen and oxygen atoms in total. The maximum absolute atomic E-state index is 9.11. The number of piperidine rings is 1. The van der Waals surface area contributed by atoms with Crippen LogP contribution in [0.2, 0.25) is 0 Å². The molecule has 1 heterocycles. The summed E-state index contributed by atoms with van der Waals surface area (Å²) in [5.41, 5.74) is 7.47. The number of aliphatic hydroxyl groups excluding tert-OH is 1. The van der Waals surface area contributed by atoms with Crippen molar-refractivity contribution >= 4 is 5.84 Å². The van der Waals surface area contributed by atoms with Crippen LogP contribution in [-0.4, -0.2) is 40.7 Å². The maximum Gasteiger partial charge on any atom is 0.170 e. The fourth-order valence-corrected chi connectivity index (χ4v) is 2.42. The molecule has 1 aromatic rings. The molecule has 2 rings (SSSR count). The van der Waals surface area contributed by atoms with Crippen molar-refractivity contribution in [3.63, 3.8) is 0 Å². The van der Waals surface area contributed by atoms with E-state index in [1.54, 1.807) is 0 Å². The molecule has 0 amide bonds. The number of nitrogens with zero attached hydrogens (tertiary/aromatic N) is 2. The van der Waals surface area contributed by atoms with Crippen LogP contribution in [0, 0.1) is 5.92 Å². The molecule has 4 N–H and O–H groups in total. The Morgan fingerprint density at radius 1 is 1.26 bits per heavy atom. The zero-order valence-corrected chi connectivity index (χ0v) is 11.0. The largest absolute Gasteiger partial charge is 0.409 e. The predicted octanol–water partition coefficient (Wildman–Crippen LogP) is 0.985. The van der Waals surface area contributed by atoms with E-state index >= 15 is 0 Å². The molecule has 19 heavy (non-hydrogen) atoms. The molecule has 1 aliphatic rings. The number of rotatable bonds is 4. The molecule has 0 radical (unpaired) electrons. The van der Waals surface area contributed by atoms with E-state index in [1.165, 1.54) is 5.56 Å². The first-order valence-electron chi connectivity index (χ1n) is 6.63. The van der Waals surface area contributed by atoms with Crippen molar-refractivity contribution in [3.8, 4) is 0 Å². The second-order valence-corrected chi connectivity index (χ2v) is 5.08. The summed E-state index contributed by atoms with van der Waals surface area (Å²) in [4.78, 5) is 2.39. The molecule has 0 unspecified atom stereocenters. The molecule has 0 saturated carbocycles. The van der Waals surface area contributed by atoms with Gasteiger partial charge < -0.3 is 16.0 Å². The van der Waals surface area contributed by atoms with Gasteiger partial charge in [0.25, 0.3) is 0 Å². The zero-order chi connectivity index (χ0) is 13.7. The molecule has 5 heteroatoms. The summed E-state index contributed by atoms with van der Waals surface area (Å²) < 4.78 is 0. The third-order valence-corrected chi connectivity index (χ3v) is 3.73. The number of amidine groups is 1. The van der Waals surface area contributed by atoms with Crippen LogP contribution in [0.3, 0.4) is 0 Å². The Bertz CT molecular complexity index is 423. The highest BCUT2D eigenvalue weighted by Gasteiger charge is 2.18. The smallest absolute Gasteiger partial charge is 0.170 e. The lowest BCUT2D eigenvalue weighted by molar-refractivity contribution is 0.127. The molecule has 1 saturated heterocycles. The second-order valence-electron chi connectivity index (χ2n) is 5.08. The maximum atomic E-state index is 9.11. The molecule has 0 aliphatic carbocycles. The lowest BCUT2D eigenvalue weighted by Gasteiger charge is -2.31. The first-order valence-corrected chi connectivity index (χ1v) is 6.63. The monoisotopic (exact) mass is 263 g/mol. The molecule has 0 spiro atoms. The van der Waals surface area contributed by atoms with E-state index < -0.39 is 0 Å². The van der Waals surface area contributed by atoms with E-state index in [9.17, 15) is 0 Å². The van der Waals surface area contributed by atoms with Crippen molar-refractivity contribution < 1.29 is 10.3 Å². The molecule has 104 valence electrons. The topological polar surface area (TPSA) is 82.1 Å². The quantitative estimate of drug-likeness (QED) is 0.327. The minimum absolute atomic E-state index is 0.135. The Balaban J connectivity index is 1.90. The average molecular weight is 263 g/mol. The van der Waals surface area contributed by atoms with Crippen molar-refractivity contribution in [1.82, 2.24) is 4.90 Å². The summed E-state index contributed by atoms with van der Waals surface area (Å²) in [5, 5.41) is 20.7. The Labute approximate surface area is 113 Å². The van der Waals surface area contributed by atoms with Crippen LogP contribution in [-0.2, 0) is 6.54 Å². The molecule has 1 aromatic carbocycles. The fraction of sp³-hybridized carbons (Fsp3) is 0.500. The number of hydrogen-bond acceptors (Lipinski definition) is 4. The molecular formula is C14H21N3O2. The van der Waals surface area contributed by atoms with Crippen molar-refractivity contribution in [2.45, 2.75) is 19.4 Å².